The van der Waals surface area contributed by atoms with Gasteiger partial charge in [0.15, 0.2) is 11.0 Å². The van der Waals surface area contributed by atoms with Gasteiger partial charge >= 0.3 is 0 Å². The number of hydrogen-bond donors (Lipinski definition) is 1. The van der Waals surface area contributed by atoms with Crippen LogP contribution in [0.2, 0.25) is 0 Å². The van der Waals surface area contributed by atoms with Crippen molar-refractivity contribution in [2.45, 2.75) is 42.9 Å². The normalized spacial score (nSPS) is 19.9. The molecule has 0 spiro atoms. The van der Waals surface area contributed by atoms with Crippen molar-refractivity contribution in [2.24, 2.45) is 5.73 Å². The molecule has 0 atom stereocenters. The molecule has 0 bridgehead atoms. The van der Waals surface area contributed by atoms with E-state index in [0.29, 0.717) is 17.9 Å². The third-order valence-electron chi connectivity index (χ3n) is 4.15. The van der Waals surface area contributed by atoms with Crippen LogP contribution in [0, 0.1) is 0 Å². The van der Waals surface area contributed by atoms with Crippen molar-refractivity contribution in [1.82, 2.24) is 19.7 Å². The lowest BCUT2D eigenvalue weighted by atomic mass is 9.99. The largest absolute Gasteiger partial charge is 0.334 e. The van der Waals surface area contributed by atoms with E-state index in [9.17, 15) is 4.79 Å². The Bertz CT molecular complexity index is 747. The lowest BCUT2D eigenvalue weighted by Crippen LogP contribution is -2.34. The molecule has 0 unspecified atom stereocenters. The van der Waals surface area contributed by atoms with Gasteiger partial charge in [-0.15, -0.1) is 0 Å². The Labute approximate surface area is 124 Å². The lowest BCUT2D eigenvalue weighted by Gasteiger charge is -2.17. The summed E-state index contributed by atoms with van der Waals surface area (Å²) in [7, 11) is 0. The fourth-order valence-corrected chi connectivity index (χ4v) is 3.84. The molecule has 110 valence electrons. The summed E-state index contributed by atoms with van der Waals surface area (Å²) in [6.07, 6.45) is 5.36. The SMILES string of the molecule is NC1(c2noc(-c3cnc4n(c3=O)CCS4)n2)CCCC1. The monoisotopic (exact) mass is 305 g/mol. The summed E-state index contributed by atoms with van der Waals surface area (Å²) in [4.78, 5) is 21.1. The van der Waals surface area contributed by atoms with E-state index in [2.05, 4.69) is 15.1 Å². The van der Waals surface area contributed by atoms with E-state index in [4.69, 9.17) is 10.3 Å². The summed E-state index contributed by atoms with van der Waals surface area (Å²) < 4.78 is 6.92. The fourth-order valence-electron chi connectivity index (χ4n) is 2.93. The van der Waals surface area contributed by atoms with Gasteiger partial charge in [-0.25, -0.2) is 4.98 Å². The zero-order chi connectivity index (χ0) is 14.4. The standard InChI is InChI=1S/C13H15N5O2S/c14-13(3-1-2-4-13)11-16-9(20-17-11)8-7-15-12-18(10(8)19)5-6-21-12/h7H,1-6,14H2. The first-order chi connectivity index (χ1) is 10.2. The van der Waals surface area contributed by atoms with Gasteiger partial charge in [0.1, 0.15) is 5.56 Å². The van der Waals surface area contributed by atoms with Crippen LogP contribution in [0.5, 0.6) is 0 Å². The van der Waals surface area contributed by atoms with Crippen LogP contribution in [-0.2, 0) is 12.1 Å². The van der Waals surface area contributed by atoms with Crippen LogP contribution in [0.1, 0.15) is 31.5 Å². The molecule has 1 fully saturated rings. The molecule has 0 amide bonds. The molecule has 0 radical (unpaired) electrons. The molecule has 3 heterocycles. The molecule has 4 rings (SSSR count). The van der Waals surface area contributed by atoms with Crippen LogP contribution in [0.25, 0.3) is 11.5 Å². The summed E-state index contributed by atoms with van der Waals surface area (Å²) in [5.74, 6) is 1.58. The maximum Gasteiger partial charge on any atom is 0.267 e. The number of nitrogens with two attached hydrogens (primary N) is 1. The molecular weight excluding hydrogens is 290 g/mol. The number of hydrogen-bond acceptors (Lipinski definition) is 7. The van der Waals surface area contributed by atoms with Crippen LogP contribution in [-0.4, -0.2) is 25.4 Å². The van der Waals surface area contributed by atoms with E-state index in [0.717, 1.165) is 36.6 Å². The molecule has 8 heteroatoms. The van der Waals surface area contributed by atoms with E-state index in [1.54, 1.807) is 16.3 Å². The second-order valence-corrected chi connectivity index (χ2v) is 6.61. The zero-order valence-corrected chi connectivity index (χ0v) is 12.2. The van der Waals surface area contributed by atoms with Crippen LogP contribution >= 0.6 is 11.8 Å². The van der Waals surface area contributed by atoms with Gasteiger partial charge in [-0.1, -0.05) is 29.8 Å². The summed E-state index contributed by atoms with van der Waals surface area (Å²) in [6.45, 7) is 0.668. The van der Waals surface area contributed by atoms with Gasteiger partial charge in [-0.3, -0.25) is 9.36 Å². The molecule has 0 aromatic carbocycles. The molecule has 1 saturated carbocycles. The summed E-state index contributed by atoms with van der Waals surface area (Å²) in [5.41, 5.74) is 6.02. The first-order valence-electron chi connectivity index (χ1n) is 7.03. The van der Waals surface area contributed by atoms with Crippen molar-refractivity contribution in [3.05, 3.63) is 22.4 Å². The Morgan fingerprint density at radius 2 is 2.19 bits per heavy atom. The van der Waals surface area contributed by atoms with E-state index in [1.807, 2.05) is 0 Å². The number of aromatic nitrogens is 4. The second-order valence-electron chi connectivity index (χ2n) is 5.55. The van der Waals surface area contributed by atoms with Crippen molar-refractivity contribution >= 4 is 11.8 Å². The molecule has 1 aliphatic heterocycles. The quantitative estimate of drug-likeness (QED) is 0.830. The first kappa shape index (κ1) is 13.0. The average molecular weight is 305 g/mol. The highest BCUT2D eigenvalue weighted by molar-refractivity contribution is 7.99. The van der Waals surface area contributed by atoms with Crippen molar-refractivity contribution in [3.8, 4) is 11.5 Å². The molecule has 7 nitrogen and oxygen atoms in total. The first-order valence-corrected chi connectivity index (χ1v) is 8.02. The third kappa shape index (κ3) is 2.01. The summed E-state index contributed by atoms with van der Waals surface area (Å²) >= 11 is 1.58. The minimum Gasteiger partial charge on any atom is -0.334 e. The summed E-state index contributed by atoms with van der Waals surface area (Å²) in [5, 5.41) is 4.73. The van der Waals surface area contributed by atoms with Crippen LogP contribution in [0.4, 0.5) is 0 Å². The van der Waals surface area contributed by atoms with Gasteiger partial charge in [0, 0.05) is 18.5 Å². The van der Waals surface area contributed by atoms with Gasteiger partial charge in [0.2, 0.25) is 0 Å². The number of thioether (sulfide) groups is 1. The Morgan fingerprint density at radius 3 is 3.00 bits per heavy atom. The number of fused-ring (bicyclic) bond motifs is 1. The van der Waals surface area contributed by atoms with Gasteiger partial charge in [-0.05, 0) is 12.8 Å². The van der Waals surface area contributed by atoms with Gasteiger partial charge in [-0.2, -0.15) is 4.98 Å². The van der Waals surface area contributed by atoms with E-state index >= 15 is 0 Å². The van der Waals surface area contributed by atoms with E-state index in [-0.39, 0.29) is 11.4 Å². The molecule has 2 aromatic rings. The zero-order valence-electron chi connectivity index (χ0n) is 11.4. The van der Waals surface area contributed by atoms with Crippen molar-refractivity contribution in [3.63, 3.8) is 0 Å². The van der Waals surface area contributed by atoms with Crippen LogP contribution < -0.4 is 11.3 Å². The van der Waals surface area contributed by atoms with Gasteiger partial charge < -0.3 is 10.3 Å². The Kier molecular flexibility index (Phi) is 2.90. The molecule has 1 aliphatic carbocycles. The Hall–Kier alpha value is -1.67. The van der Waals surface area contributed by atoms with Crippen LogP contribution in [0.3, 0.4) is 0 Å². The highest BCUT2D eigenvalue weighted by Crippen LogP contribution is 2.35. The van der Waals surface area contributed by atoms with E-state index in [1.165, 1.54) is 6.20 Å². The highest BCUT2D eigenvalue weighted by Gasteiger charge is 2.36. The molecule has 21 heavy (non-hydrogen) atoms. The third-order valence-corrected chi connectivity index (χ3v) is 5.12. The minimum absolute atomic E-state index is 0.127. The van der Waals surface area contributed by atoms with Crippen molar-refractivity contribution in [1.29, 1.82) is 0 Å². The Balaban J connectivity index is 1.75. The maximum atomic E-state index is 12.4. The lowest BCUT2D eigenvalue weighted by molar-refractivity contribution is 0.372. The van der Waals surface area contributed by atoms with Crippen molar-refractivity contribution < 1.29 is 4.52 Å². The summed E-state index contributed by atoms with van der Waals surface area (Å²) in [6, 6.07) is 0. The number of rotatable bonds is 2. The molecule has 2 aliphatic rings. The average Bonchev–Trinajstić information content (AvgIpc) is 3.18. The fraction of sp³-hybridized carbons (Fsp3) is 0.538. The van der Waals surface area contributed by atoms with Gasteiger partial charge in [0.05, 0.1) is 5.54 Å². The molecule has 2 N–H and O–H groups in total. The highest BCUT2D eigenvalue weighted by atomic mass is 32.2. The smallest absolute Gasteiger partial charge is 0.267 e. The van der Waals surface area contributed by atoms with E-state index < -0.39 is 5.54 Å². The Morgan fingerprint density at radius 1 is 1.38 bits per heavy atom. The minimum atomic E-state index is -0.516. The van der Waals surface area contributed by atoms with Crippen LogP contribution in [0.15, 0.2) is 20.7 Å². The predicted octanol–water partition coefficient (Wildman–Crippen LogP) is 1.13. The van der Waals surface area contributed by atoms with Gasteiger partial charge in [0.25, 0.3) is 11.4 Å². The number of nitrogens with zero attached hydrogens (tertiary/aromatic N) is 4. The molecule has 2 aromatic heterocycles. The molecule has 0 saturated heterocycles. The topological polar surface area (TPSA) is 99.8 Å². The predicted molar refractivity (Wildman–Crippen MR) is 76.8 cm³/mol. The second kappa shape index (κ2) is 4.67. The maximum absolute atomic E-state index is 12.4. The van der Waals surface area contributed by atoms with Crippen molar-refractivity contribution in [2.75, 3.05) is 5.75 Å². The molecular formula is C13H15N5O2S.